The molecule has 0 atom stereocenters. The van der Waals surface area contributed by atoms with Gasteiger partial charge in [-0.25, -0.2) is 4.98 Å². The first-order valence-electron chi connectivity index (χ1n) is 13.4. The Morgan fingerprint density at radius 1 is 1.29 bits per heavy atom. The molecular formula is C28H40KN7O4S. The second-order valence-electron chi connectivity index (χ2n) is 10.6. The van der Waals surface area contributed by atoms with Gasteiger partial charge in [-0.3, -0.25) is 19.6 Å². The van der Waals surface area contributed by atoms with Crippen LogP contribution in [0.1, 0.15) is 56.2 Å². The third-order valence-corrected chi connectivity index (χ3v) is 6.96. The van der Waals surface area contributed by atoms with E-state index in [1.165, 1.54) is 11.3 Å². The minimum atomic E-state index is -0.334. The zero-order valence-electron chi connectivity index (χ0n) is 24.8. The average Bonchev–Trinajstić information content (AvgIpc) is 3.42. The fraction of sp³-hybridized carbons (Fsp3) is 0.536. The van der Waals surface area contributed by atoms with E-state index >= 15 is 0 Å². The molecule has 0 radical (unpaired) electrons. The van der Waals surface area contributed by atoms with Gasteiger partial charge >= 0.3 is 51.4 Å². The van der Waals surface area contributed by atoms with Crippen molar-refractivity contribution in [3.05, 3.63) is 51.9 Å². The number of nitrogens with one attached hydrogen (secondary N) is 1. The molecule has 41 heavy (non-hydrogen) atoms. The van der Waals surface area contributed by atoms with Crippen LogP contribution in [0.3, 0.4) is 0 Å². The van der Waals surface area contributed by atoms with Crippen LogP contribution in [0.2, 0.25) is 0 Å². The summed E-state index contributed by atoms with van der Waals surface area (Å²) >= 11 is 1.43. The maximum atomic E-state index is 13.0. The minimum absolute atomic E-state index is 0. The molecule has 1 saturated heterocycles. The Kier molecular flexibility index (Phi) is 15.6. The zero-order valence-corrected chi connectivity index (χ0v) is 28.7. The van der Waals surface area contributed by atoms with Gasteiger partial charge in [0.05, 0.1) is 11.7 Å². The summed E-state index contributed by atoms with van der Waals surface area (Å²) < 4.78 is 9.95. The number of carbonyl (C=O) groups is 2. The molecule has 0 aromatic carbocycles. The number of amides is 1. The van der Waals surface area contributed by atoms with Gasteiger partial charge in [-0.15, -0.1) is 11.3 Å². The number of hydrogen-bond acceptors (Lipinski definition) is 10. The van der Waals surface area contributed by atoms with Crippen molar-refractivity contribution < 1.29 is 70.4 Å². The Hall–Kier alpha value is -1.71. The molecule has 2 aromatic heterocycles. The number of likely N-dealkylation sites (N-methyl/N-ethyl adjacent to an activating group) is 1. The summed E-state index contributed by atoms with van der Waals surface area (Å²) in [4.78, 5) is 38.5. The molecule has 4 heterocycles. The number of thiazole rings is 1. The number of rotatable bonds is 3. The molecule has 4 bridgehead atoms. The van der Waals surface area contributed by atoms with E-state index in [-0.39, 0.29) is 74.8 Å². The Morgan fingerprint density at radius 2 is 2.05 bits per heavy atom. The Labute approximate surface area is 289 Å². The van der Waals surface area contributed by atoms with Crippen molar-refractivity contribution >= 4 is 29.9 Å². The fourth-order valence-corrected chi connectivity index (χ4v) is 4.63. The largest absolute Gasteiger partial charge is 1.00 e. The first-order valence-corrected chi connectivity index (χ1v) is 14.3. The van der Waals surface area contributed by atoms with Gasteiger partial charge in [-0.2, -0.15) is 0 Å². The third-order valence-electron chi connectivity index (χ3n) is 6.07. The van der Waals surface area contributed by atoms with Crippen LogP contribution in [0, 0.1) is 0 Å². The topological polar surface area (TPSA) is 146 Å². The van der Waals surface area contributed by atoms with Gasteiger partial charge in [0, 0.05) is 42.3 Å². The molecule has 0 unspecified atom stereocenters. The number of aliphatic imine (C=N–C) groups is 1. The van der Waals surface area contributed by atoms with Crippen molar-refractivity contribution in [2.45, 2.75) is 58.1 Å². The van der Waals surface area contributed by atoms with Crippen molar-refractivity contribution in [1.82, 2.24) is 20.2 Å². The molecule has 1 amide bonds. The summed E-state index contributed by atoms with van der Waals surface area (Å²) in [5.74, 6) is -0.0667. The number of nitrogens with two attached hydrogens (primary N) is 1. The van der Waals surface area contributed by atoms with Gasteiger partial charge in [0.15, 0.2) is 0 Å². The van der Waals surface area contributed by atoms with Crippen LogP contribution in [-0.4, -0.2) is 85.0 Å². The summed E-state index contributed by atoms with van der Waals surface area (Å²) in [6.07, 6.45) is 7.00. The number of carbonyl (C=O) groups excluding carboxylic acids is 2. The van der Waals surface area contributed by atoms with E-state index < -0.39 is 0 Å². The van der Waals surface area contributed by atoms with Crippen LogP contribution in [0.25, 0.3) is 15.9 Å². The molecule has 2 aromatic rings. The quantitative estimate of drug-likeness (QED) is 0.291. The van der Waals surface area contributed by atoms with Crippen LogP contribution >= 0.6 is 11.3 Å². The molecule has 11 nitrogen and oxygen atoms in total. The summed E-state index contributed by atoms with van der Waals surface area (Å²) in [6.45, 7) is 9.53. The number of nitrogens with zero attached hydrogens (tertiary/aromatic N) is 5. The first-order chi connectivity index (χ1) is 19.1. The van der Waals surface area contributed by atoms with Crippen LogP contribution in [0.4, 0.5) is 0 Å². The molecule has 0 aliphatic carbocycles. The van der Waals surface area contributed by atoms with E-state index in [0.717, 1.165) is 55.0 Å². The van der Waals surface area contributed by atoms with Crippen LogP contribution in [0.15, 0.2) is 40.2 Å². The van der Waals surface area contributed by atoms with E-state index in [2.05, 4.69) is 48.3 Å². The maximum Gasteiger partial charge on any atom is 1.00 e. The molecule has 3 N–H and O–H groups in total. The van der Waals surface area contributed by atoms with E-state index in [4.69, 9.17) is 10.5 Å². The third kappa shape index (κ3) is 13.0. The minimum Gasteiger partial charge on any atom is -0.493 e. The Bertz CT molecular complexity index is 1180. The van der Waals surface area contributed by atoms with Crippen LogP contribution in [0.5, 0.6) is 0 Å². The molecule has 4 rings (SSSR count). The van der Waals surface area contributed by atoms with E-state index in [0.29, 0.717) is 37.6 Å². The second-order valence-corrected chi connectivity index (χ2v) is 11.4. The predicted octanol–water partition coefficient (Wildman–Crippen LogP) is 0.526. The summed E-state index contributed by atoms with van der Waals surface area (Å²) in [7, 11) is 2.07. The van der Waals surface area contributed by atoms with E-state index in [9.17, 15) is 9.59 Å². The molecule has 2 aliphatic rings. The molecule has 13 heteroatoms. The number of fused-ring (bicyclic) bond motifs is 5. The average molecular weight is 610 g/mol. The number of pyridine rings is 1. The predicted molar refractivity (Wildman–Crippen MR) is 157 cm³/mol. The van der Waals surface area contributed by atoms with Gasteiger partial charge in [-0.1, -0.05) is 0 Å². The summed E-state index contributed by atoms with van der Waals surface area (Å²) in [6, 6.07) is 4.13. The number of aromatic nitrogens is 2. The van der Waals surface area contributed by atoms with Crippen LogP contribution in [-0.2, 0) is 20.7 Å². The van der Waals surface area contributed by atoms with Gasteiger partial charge in [-0.05, 0) is 91.1 Å². The van der Waals surface area contributed by atoms with Crippen molar-refractivity contribution in [1.29, 1.82) is 0 Å². The van der Waals surface area contributed by atoms with Crippen molar-refractivity contribution in [3.8, 4) is 10.6 Å². The SMILES string of the molecule is CC(C)(C)OC=O.CN1CCCc2cc(ccn2)-c2nc(cs2)C(=O)N/C(C=NC2CCOCC2)=C(\N)[N-]CC1.[K+]. The van der Waals surface area contributed by atoms with Gasteiger partial charge < -0.3 is 30.7 Å². The fourth-order valence-electron chi connectivity index (χ4n) is 3.83. The molecule has 1 fully saturated rings. The van der Waals surface area contributed by atoms with Crippen molar-refractivity contribution in [2.75, 3.05) is 39.9 Å². The zero-order chi connectivity index (χ0) is 29.0. The number of aryl methyl sites for hydroxylation is 1. The second kappa shape index (κ2) is 18.1. The van der Waals surface area contributed by atoms with Gasteiger partial charge in [0.25, 0.3) is 12.4 Å². The van der Waals surface area contributed by atoms with Crippen molar-refractivity contribution in [2.24, 2.45) is 10.7 Å². The smallest absolute Gasteiger partial charge is 0.493 e. The molecular weight excluding hydrogens is 570 g/mol. The maximum absolute atomic E-state index is 13.0. The van der Waals surface area contributed by atoms with Gasteiger partial charge in [0.2, 0.25) is 0 Å². The summed E-state index contributed by atoms with van der Waals surface area (Å²) in [5.41, 5.74) is 8.68. The monoisotopic (exact) mass is 609 g/mol. The van der Waals surface area contributed by atoms with E-state index in [1.54, 1.807) is 17.8 Å². The Morgan fingerprint density at radius 3 is 2.73 bits per heavy atom. The summed E-state index contributed by atoms with van der Waals surface area (Å²) in [5, 5.41) is 9.91. The van der Waals surface area contributed by atoms with Gasteiger partial charge in [0.1, 0.15) is 16.3 Å². The number of allylic oxidation sites excluding steroid dienone is 1. The number of hydrogen-bond donors (Lipinski definition) is 2. The molecule has 218 valence electrons. The molecule has 0 saturated carbocycles. The normalized spacial score (nSPS) is 19.6. The molecule has 2 aliphatic heterocycles. The van der Waals surface area contributed by atoms with Crippen molar-refractivity contribution in [3.63, 3.8) is 0 Å². The molecule has 0 spiro atoms. The first kappa shape index (κ1) is 35.5. The Balaban J connectivity index is 0.000000655. The van der Waals surface area contributed by atoms with Crippen LogP contribution < -0.4 is 62.4 Å². The van der Waals surface area contributed by atoms with E-state index in [1.807, 2.05) is 26.8 Å². The standard InChI is InChI=1S/C23H31N7O2S.C5H10O2.K/c1-30-9-2-3-18-13-16(4-7-25-18)23-29-20(15-33-23)22(31)28-19(21(24)26-8-10-30)14-27-17-5-11-32-12-6-17;1-5(2,3)7-4-6;/h4,7,13-15,17H,2-3,5-6,8-12H2,1H3,(H4,24,25,26,27,28,29,31);4H,1-3H3;/q;;+1/p-1. The number of ether oxygens (including phenoxy) is 2.